The second-order valence-corrected chi connectivity index (χ2v) is 6.80. The van der Waals surface area contributed by atoms with E-state index in [9.17, 15) is 0 Å². The normalized spacial score (nSPS) is 11.8. The minimum absolute atomic E-state index is 0.0712. The highest BCUT2D eigenvalue weighted by Gasteiger charge is 2.17. The Kier molecular flexibility index (Phi) is 3.32. The van der Waals surface area contributed by atoms with Gasteiger partial charge < -0.3 is 11.5 Å². The van der Waals surface area contributed by atoms with Crippen LogP contribution in [-0.4, -0.2) is 0 Å². The fourth-order valence-electron chi connectivity index (χ4n) is 2.83. The van der Waals surface area contributed by atoms with Crippen LogP contribution >= 0.6 is 0 Å². The van der Waals surface area contributed by atoms with Crippen molar-refractivity contribution >= 4 is 22.1 Å². The number of rotatable bonds is 1. The average Bonchev–Trinajstić information content (AvgIpc) is 2.47. The summed E-state index contributed by atoms with van der Waals surface area (Å²) in [5, 5.41) is 2.31. The lowest BCUT2D eigenvalue weighted by Gasteiger charge is -2.21. The summed E-state index contributed by atoms with van der Waals surface area (Å²) < 4.78 is 0. The maximum atomic E-state index is 6.29. The molecule has 22 heavy (non-hydrogen) atoms. The zero-order chi connectivity index (χ0) is 15.9. The Bertz CT molecular complexity index is 842. The summed E-state index contributed by atoms with van der Waals surface area (Å²) in [4.78, 5) is 0. The highest BCUT2D eigenvalue weighted by atomic mass is 14.6. The molecule has 2 nitrogen and oxygen atoms in total. The van der Waals surface area contributed by atoms with Gasteiger partial charge in [-0.15, -0.1) is 0 Å². The Balaban J connectivity index is 2.34. The third kappa shape index (κ3) is 2.41. The van der Waals surface area contributed by atoms with E-state index in [1.165, 1.54) is 10.9 Å². The molecule has 0 aromatic heterocycles. The maximum Gasteiger partial charge on any atom is 0.0401 e. The second kappa shape index (κ2) is 5.06. The van der Waals surface area contributed by atoms with Crippen molar-refractivity contribution in [3.05, 3.63) is 60.2 Å². The lowest BCUT2D eigenvalue weighted by atomic mass is 9.84. The molecule has 0 spiro atoms. The van der Waals surface area contributed by atoms with Gasteiger partial charge in [-0.1, -0.05) is 57.2 Å². The Morgan fingerprint density at radius 3 is 2.18 bits per heavy atom. The summed E-state index contributed by atoms with van der Waals surface area (Å²) in [6, 6.07) is 18.5. The van der Waals surface area contributed by atoms with Gasteiger partial charge in [0.25, 0.3) is 0 Å². The highest BCUT2D eigenvalue weighted by molar-refractivity contribution is 6.04. The van der Waals surface area contributed by atoms with Gasteiger partial charge in [-0.05, 0) is 39.9 Å². The molecule has 0 amide bonds. The van der Waals surface area contributed by atoms with E-state index in [1.54, 1.807) is 0 Å². The van der Waals surface area contributed by atoms with Gasteiger partial charge >= 0.3 is 0 Å². The van der Waals surface area contributed by atoms with E-state index in [2.05, 4.69) is 51.1 Å². The van der Waals surface area contributed by atoms with E-state index in [-0.39, 0.29) is 5.41 Å². The summed E-state index contributed by atoms with van der Waals surface area (Å²) >= 11 is 0. The minimum atomic E-state index is 0.0712. The van der Waals surface area contributed by atoms with Crippen molar-refractivity contribution in [2.75, 3.05) is 11.5 Å². The molecule has 2 heteroatoms. The van der Waals surface area contributed by atoms with Crippen molar-refractivity contribution in [1.29, 1.82) is 0 Å². The molecule has 0 aliphatic carbocycles. The molecule has 3 rings (SSSR count). The molecule has 0 heterocycles. The zero-order valence-corrected chi connectivity index (χ0v) is 13.4. The van der Waals surface area contributed by atoms with Gasteiger partial charge in [-0.2, -0.15) is 0 Å². The van der Waals surface area contributed by atoms with Crippen molar-refractivity contribution in [3.8, 4) is 11.1 Å². The van der Waals surface area contributed by atoms with E-state index in [0.29, 0.717) is 0 Å². The third-order valence-corrected chi connectivity index (χ3v) is 4.15. The first-order valence-corrected chi connectivity index (χ1v) is 7.55. The van der Waals surface area contributed by atoms with Crippen LogP contribution in [0, 0.1) is 0 Å². The van der Waals surface area contributed by atoms with Crippen LogP contribution < -0.4 is 11.5 Å². The Hall–Kier alpha value is -2.48. The van der Waals surface area contributed by atoms with Crippen molar-refractivity contribution < 1.29 is 0 Å². The van der Waals surface area contributed by atoms with E-state index >= 15 is 0 Å². The Morgan fingerprint density at radius 2 is 1.45 bits per heavy atom. The second-order valence-electron chi connectivity index (χ2n) is 6.80. The van der Waals surface area contributed by atoms with Gasteiger partial charge in [0, 0.05) is 22.5 Å². The molecule has 0 atom stereocenters. The van der Waals surface area contributed by atoms with Crippen LogP contribution in [0.1, 0.15) is 26.3 Å². The number of nitrogens with two attached hydrogens (primary N) is 2. The number of hydrogen-bond donors (Lipinski definition) is 2. The van der Waals surface area contributed by atoms with Gasteiger partial charge in [-0.3, -0.25) is 0 Å². The van der Waals surface area contributed by atoms with Crippen LogP contribution in [0.4, 0.5) is 11.4 Å². The van der Waals surface area contributed by atoms with E-state index in [4.69, 9.17) is 11.5 Å². The van der Waals surface area contributed by atoms with Crippen molar-refractivity contribution in [2.24, 2.45) is 0 Å². The predicted molar refractivity (Wildman–Crippen MR) is 96.9 cm³/mol. The lowest BCUT2D eigenvalue weighted by Crippen LogP contribution is -2.11. The van der Waals surface area contributed by atoms with E-state index in [0.717, 1.165) is 27.9 Å². The fourth-order valence-corrected chi connectivity index (χ4v) is 2.83. The molecule has 0 unspecified atom stereocenters. The molecule has 0 radical (unpaired) electrons. The van der Waals surface area contributed by atoms with Crippen LogP contribution in [0.15, 0.2) is 54.6 Å². The fraction of sp³-hybridized carbons (Fsp3) is 0.200. The van der Waals surface area contributed by atoms with Crippen molar-refractivity contribution in [2.45, 2.75) is 26.2 Å². The zero-order valence-electron chi connectivity index (χ0n) is 13.4. The van der Waals surface area contributed by atoms with E-state index < -0.39 is 0 Å². The van der Waals surface area contributed by atoms with Crippen LogP contribution in [0.2, 0.25) is 0 Å². The number of benzene rings is 3. The summed E-state index contributed by atoms with van der Waals surface area (Å²) in [5.74, 6) is 0. The van der Waals surface area contributed by atoms with Crippen LogP contribution in [-0.2, 0) is 5.41 Å². The molecule has 112 valence electrons. The molecular weight excluding hydrogens is 268 g/mol. The van der Waals surface area contributed by atoms with Crippen LogP contribution in [0.25, 0.3) is 21.9 Å². The van der Waals surface area contributed by atoms with E-state index in [1.807, 2.05) is 24.3 Å². The van der Waals surface area contributed by atoms with Gasteiger partial charge in [0.05, 0.1) is 0 Å². The first-order valence-electron chi connectivity index (χ1n) is 7.55. The van der Waals surface area contributed by atoms with Gasteiger partial charge in [-0.25, -0.2) is 0 Å². The SMILES string of the molecule is CC(C)(C)c1ccc(N)c(-c2c(N)ccc3ccccc23)c1. The smallest absolute Gasteiger partial charge is 0.0401 e. The summed E-state index contributed by atoms with van der Waals surface area (Å²) in [6.07, 6.45) is 0. The molecular formula is C20H22N2. The summed E-state index contributed by atoms with van der Waals surface area (Å²) in [6.45, 7) is 6.61. The molecule has 3 aromatic carbocycles. The minimum Gasteiger partial charge on any atom is -0.398 e. The van der Waals surface area contributed by atoms with Crippen LogP contribution in [0.5, 0.6) is 0 Å². The first-order chi connectivity index (χ1) is 10.4. The average molecular weight is 290 g/mol. The predicted octanol–water partition coefficient (Wildman–Crippen LogP) is 4.97. The third-order valence-electron chi connectivity index (χ3n) is 4.15. The molecule has 0 bridgehead atoms. The standard InChI is InChI=1S/C20H22N2/c1-20(2,3)14-9-11-17(21)16(12-14)19-15-7-5-4-6-13(15)8-10-18(19)22/h4-12H,21-22H2,1-3H3. The number of hydrogen-bond acceptors (Lipinski definition) is 2. The Morgan fingerprint density at radius 1 is 0.773 bits per heavy atom. The highest BCUT2D eigenvalue weighted by Crippen LogP contribution is 2.39. The maximum absolute atomic E-state index is 6.29. The number of anilines is 2. The summed E-state index contributed by atoms with van der Waals surface area (Å²) in [5.41, 5.74) is 17.5. The van der Waals surface area contributed by atoms with Crippen molar-refractivity contribution in [1.82, 2.24) is 0 Å². The Labute approximate surface area is 131 Å². The lowest BCUT2D eigenvalue weighted by molar-refractivity contribution is 0.590. The quantitative estimate of drug-likeness (QED) is 0.622. The number of fused-ring (bicyclic) bond motifs is 1. The molecule has 0 fully saturated rings. The molecule has 0 saturated carbocycles. The van der Waals surface area contributed by atoms with Gasteiger partial charge in [0.2, 0.25) is 0 Å². The topological polar surface area (TPSA) is 52.0 Å². The van der Waals surface area contributed by atoms with Gasteiger partial charge in [0.15, 0.2) is 0 Å². The first kappa shape index (κ1) is 14.5. The monoisotopic (exact) mass is 290 g/mol. The van der Waals surface area contributed by atoms with Crippen LogP contribution in [0.3, 0.4) is 0 Å². The molecule has 0 aliphatic heterocycles. The van der Waals surface area contributed by atoms with Gasteiger partial charge in [0.1, 0.15) is 0 Å². The molecule has 3 aromatic rings. The molecule has 0 saturated heterocycles. The van der Waals surface area contributed by atoms with Crippen molar-refractivity contribution in [3.63, 3.8) is 0 Å². The number of nitrogen functional groups attached to an aromatic ring is 2. The molecule has 0 aliphatic rings. The summed E-state index contributed by atoms with van der Waals surface area (Å²) in [7, 11) is 0. The molecule has 4 N–H and O–H groups in total. The largest absolute Gasteiger partial charge is 0.398 e.